The van der Waals surface area contributed by atoms with Crippen LogP contribution in [0.5, 0.6) is 0 Å². The van der Waals surface area contributed by atoms with Gasteiger partial charge in [-0.1, -0.05) is 6.92 Å². The number of hydrogen-bond donors (Lipinski definition) is 1. The van der Waals surface area contributed by atoms with Gasteiger partial charge in [-0.25, -0.2) is 0 Å². The summed E-state index contributed by atoms with van der Waals surface area (Å²) in [6, 6.07) is 0. The summed E-state index contributed by atoms with van der Waals surface area (Å²) in [6.07, 6.45) is -3.71. The summed E-state index contributed by atoms with van der Waals surface area (Å²) in [4.78, 5) is 13.4. The Morgan fingerprint density at radius 2 is 1.82 bits per heavy atom. The van der Waals surface area contributed by atoms with Gasteiger partial charge in [0, 0.05) is 13.1 Å². The number of rotatable bonds is 2. The molecule has 0 aromatic heterocycles. The molecule has 0 aliphatic carbocycles. The molecule has 2 N–H and O–H groups in total. The number of halogens is 3. The smallest absolute Gasteiger partial charge is 0.341 e. The van der Waals surface area contributed by atoms with Crippen LogP contribution in [0.2, 0.25) is 0 Å². The third kappa shape index (κ3) is 3.34. The summed E-state index contributed by atoms with van der Waals surface area (Å²) < 4.78 is 37.3. The molecule has 100 valence electrons. The number of hydrogen-bond acceptors (Lipinski definition) is 2. The van der Waals surface area contributed by atoms with E-state index < -0.39 is 17.6 Å². The SMILES string of the molecule is CCC(C)(N)C(=O)N1CCC(C(F)(F)F)CC1. The zero-order valence-corrected chi connectivity index (χ0v) is 10.2. The molecule has 1 amide bonds. The maximum absolute atomic E-state index is 12.4. The monoisotopic (exact) mass is 252 g/mol. The molecule has 1 heterocycles. The minimum atomic E-state index is -4.15. The van der Waals surface area contributed by atoms with Crippen LogP contribution in [0.15, 0.2) is 0 Å². The van der Waals surface area contributed by atoms with E-state index in [1.807, 2.05) is 0 Å². The van der Waals surface area contributed by atoms with Crippen molar-refractivity contribution in [2.24, 2.45) is 11.7 Å². The van der Waals surface area contributed by atoms with Gasteiger partial charge in [-0.2, -0.15) is 13.2 Å². The summed E-state index contributed by atoms with van der Waals surface area (Å²) in [5.41, 5.74) is 4.83. The Hall–Kier alpha value is -0.780. The first-order valence-corrected chi connectivity index (χ1v) is 5.83. The number of alkyl halides is 3. The van der Waals surface area contributed by atoms with E-state index >= 15 is 0 Å². The highest BCUT2D eigenvalue weighted by atomic mass is 19.4. The summed E-state index contributed by atoms with van der Waals surface area (Å²) in [7, 11) is 0. The molecule has 0 aromatic rings. The second kappa shape index (κ2) is 4.84. The van der Waals surface area contributed by atoms with Gasteiger partial charge in [-0.3, -0.25) is 4.79 Å². The Morgan fingerprint density at radius 3 is 2.18 bits per heavy atom. The molecule has 1 aliphatic rings. The van der Waals surface area contributed by atoms with Crippen LogP contribution in [-0.4, -0.2) is 35.6 Å². The van der Waals surface area contributed by atoms with Crippen LogP contribution in [0.4, 0.5) is 13.2 Å². The van der Waals surface area contributed by atoms with Gasteiger partial charge in [-0.15, -0.1) is 0 Å². The fourth-order valence-electron chi connectivity index (χ4n) is 1.92. The molecular weight excluding hydrogens is 233 g/mol. The van der Waals surface area contributed by atoms with Crippen molar-refractivity contribution in [1.82, 2.24) is 4.90 Å². The zero-order valence-electron chi connectivity index (χ0n) is 10.2. The number of carbonyl (C=O) groups excluding carboxylic acids is 1. The van der Waals surface area contributed by atoms with E-state index in [-0.39, 0.29) is 31.8 Å². The lowest BCUT2D eigenvalue weighted by molar-refractivity contribution is -0.187. The van der Waals surface area contributed by atoms with Crippen LogP contribution in [0.25, 0.3) is 0 Å². The first kappa shape index (κ1) is 14.3. The van der Waals surface area contributed by atoms with Crippen LogP contribution in [-0.2, 0) is 4.79 Å². The van der Waals surface area contributed by atoms with Crippen molar-refractivity contribution in [2.75, 3.05) is 13.1 Å². The number of carbonyl (C=O) groups is 1. The molecule has 0 saturated carbocycles. The zero-order chi connectivity index (χ0) is 13.3. The van der Waals surface area contributed by atoms with Crippen molar-refractivity contribution >= 4 is 5.91 Å². The van der Waals surface area contributed by atoms with Gasteiger partial charge in [0.1, 0.15) is 0 Å². The Balaban J connectivity index is 2.56. The molecule has 0 aromatic carbocycles. The molecule has 1 unspecified atom stereocenters. The molecule has 17 heavy (non-hydrogen) atoms. The topological polar surface area (TPSA) is 46.3 Å². The Kier molecular flexibility index (Phi) is 4.06. The van der Waals surface area contributed by atoms with Crippen LogP contribution in [0.3, 0.4) is 0 Å². The van der Waals surface area contributed by atoms with E-state index in [2.05, 4.69) is 0 Å². The van der Waals surface area contributed by atoms with Crippen molar-refractivity contribution in [1.29, 1.82) is 0 Å². The second-order valence-corrected chi connectivity index (χ2v) is 4.88. The number of nitrogens with zero attached hydrogens (tertiary/aromatic N) is 1. The van der Waals surface area contributed by atoms with Gasteiger partial charge < -0.3 is 10.6 Å². The predicted octanol–water partition coefficient (Wildman–Crippen LogP) is 1.91. The Morgan fingerprint density at radius 1 is 1.35 bits per heavy atom. The van der Waals surface area contributed by atoms with Crippen LogP contribution < -0.4 is 5.73 Å². The minimum absolute atomic E-state index is 0.0188. The highest BCUT2D eigenvalue weighted by Gasteiger charge is 2.43. The summed E-state index contributed by atoms with van der Waals surface area (Å²) in [5, 5.41) is 0. The van der Waals surface area contributed by atoms with Gasteiger partial charge in [-0.05, 0) is 26.2 Å². The molecular formula is C11H19F3N2O. The van der Waals surface area contributed by atoms with Gasteiger partial charge in [0.15, 0.2) is 0 Å². The van der Waals surface area contributed by atoms with E-state index in [1.165, 1.54) is 4.90 Å². The fraction of sp³-hybridized carbons (Fsp3) is 0.909. The fourth-order valence-corrected chi connectivity index (χ4v) is 1.92. The average Bonchev–Trinajstić information content (AvgIpc) is 2.27. The second-order valence-electron chi connectivity index (χ2n) is 4.88. The van der Waals surface area contributed by atoms with Crippen LogP contribution in [0.1, 0.15) is 33.1 Å². The van der Waals surface area contributed by atoms with E-state index in [0.29, 0.717) is 6.42 Å². The largest absolute Gasteiger partial charge is 0.391 e. The standard InChI is InChI=1S/C11H19F3N2O/c1-3-10(2,15)9(17)16-6-4-8(5-7-16)11(12,13)14/h8H,3-7,15H2,1-2H3. The first-order valence-electron chi connectivity index (χ1n) is 5.83. The molecule has 1 fully saturated rings. The van der Waals surface area contributed by atoms with Gasteiger partial charge in [0.2, 0.25) is 5.91 Å². The number of piperidine rings is 1. The first-order chi connectivity index (χ1) is 7.68. The highest BCUT2D eigenvalue weighted by Crippen LogP contribution is 2.34. The van der Waals surface area contributed by atoms with Gasteiger partial charge in [0.05, 0.1) is 11.5 Å². The molecule has 1 rings (SSSR count). The van der Waals surface area contributed by atoms with Crippen molar-refractivity contribution in [2.45, 2.75) is 44.8 Å². The van der Waals surface area contributed by atoms with E-state index in [4.69, 9.17) is 5.73 Å². The number of likely N-dealkylation sites (tertiary alicyclic amines) is 1. The third-order valence-electron chi connectivity index (χ3n) is 3.47. The summed E-state index contributed by atoms with van der Waals surface area (Å²) in [5.74, 6) is -1.53. The lowest BCUT2D eigenvalue weighted by Crippen LogP contribution is -2.55. The molecule has 0 radical (unpaired) electrons. The predicted molar refractivity (Wildman–Crippen MR) is 58.2 cm³/mol. The van der Waals surface area contributed by atoms with E-state index in [0.717, 1.165) is 0 Å². The highest BCUT2D eigenvalue weighted by molar-refractivity contribution is 5.85. The molecule has 1 aliphatic heterocycles. The molecule has 3 nitrogen and oxygen atoms in total. The normalized spacial score (nSPS) is 22.4. The maximum Gasteiger partial charge on any atom is 0.391 e. The van der Waals surface area contributed by atoms with Crippen molar-refractivity contribution in [3.8, 4) is 0 Å². The molecule has 6 heteroatoms. The number of nitrogens with two attached hydrogens (primary N) is 1. The molecule has 1 atom stereocenters. The van der Waals surface area contributed by atoms with Gasteiger partial charge >= 0.3 is 6.18 Å². The van der Waals surface area contributed by atoms with Crippen LogP contribution >= 0.6 is 0 Å². The molecule has 0 bridgehead atoms. The average molecular weight is 252 g/mol. The number of amides is 1. The quantitative estimate of drug-likeness (QED) is 0.816. The van der Waals surface area contributed by atoms with Crippen molar-refractivity contribution in [3.05, 3.63) is 0 Å². The van der Waals surface area contributed by atoms with Crippen LogP contribution in [0, 0.1) is 5.92 Å². The summed E-state index contributed by atoms with van der Waals surface area (Å²) in [6.45, 7) is 3.71. The third-order valence-corrected chi connectivity index (χ3v) is 3.47. The lowest BCUT2D eigenvalue weighted by Gasteiger charge is -2.37. The van der Waals surface area contributed by atoms with Crippen molar-refractivity contribution in [3.63, 3.8) is 0 Å². The molecule has 0 spiro atoms. The van der Waals surface area contributed by atoms with E-state index in [1.54, 1.807) is 13.8 Å². The Bertz CT molecular complexity index is 281. The maximum atomic E-state index is 12.4. The summed E-state index contributed by atoms with van der Waals surface area (Å²) >= 11 is 0. The lowest BCUT2D eigenvalue weighted by atomic mass is 9.93. The Labute approximate surface area is 99.1 Å². The van der Waals surface area contributed by atoms with Gasteiger partial charge in [0.25, 0.3) is 0 Å². The molecule has 1 saturated heterocycles. The van der Waals surface area contributed by atoms with E-state index in [9.17, 15) is 18.0 Å². The minimum Gasteiger partial charge on any atom is -0.341 e. The van der Waals surface area contributed by atoms with Crippen molar-refractivity contribution < 1.29 is 18.0 Å².